The van der Waals surface area contributed by atoms with Crippen molar-refractivity contribution in [1.29, 1.82) is 0 Å². The number of esters is 1. The summed E-state index contributed by atoms with van der Waals surface area (Å²) < 4.78 is 6.65. The molecule has 0 fully saturated rings. The van der Waals surface area contributed by atoms with Crippen LogP contribution in [0.15, 0.2) is 60.0 Å². The molecule has 7 heteroatoms. The van der Waals surface area contributed by atoms with E-state index in [-0.39, 0.29) is 24.6 Å². The normalized spacial score (nSPS) is 13.1. The van der Waals surface area contributed by atoms with Gasteiger partial charge in [-0.3, -0.25) is 23.7 Å². The minimum Gasteiger partial charge on any atom is -0.458 e. The summed E-state index contributed by atoms with van der Waals surface area (Å²) in [7, 11) is 0. The van der Waals surface area contributed by atoms with Crippen molar-refractivity contribution < 1.29 is 14.3 Å². The quantitative estimate of drug-likeness (QED) is 0.653. The van der Waals surface area contributed by atoms with Gasteiger partial charge in [-0.25, -0.2) is 4.98 Å². The summed E-state index contributed by atoms with van der Waals surface area (Å²) in [5.74, 6) is -0.886. The fourth-order valence-electron chi connectivity index (χ4n) is 3.16. The van der Waals surface area contributed by atoms with Crippen LogP contribution in [0.4, 0.5) is 0 Å². The summed E-state index contributed by atoms with van der Waals surface area (Å²) in [4.78, 5) is 42.5. The number of ether oxygens (including phenoxy) is 1. The lowest BCUT2D eigenvalue weighted by molar-refractivity contribution is -0.145. The van der Waals surface area contributed by atoms with E-state index in [4.69, 9.17) is 4.74 Å². The molecule has 3 heterocycles. The largest absolute Gasteiger partial charge is 0.458 e. The van der Waals surface area contributed by atoms with Crippen molar-refractivity contribution in [2.45, 2.75) is 13.5 Å². The molecule has 2 aromatic heterocycles. The molecule has 1 amide bonds. The second-order valence-electron chi connectivity index (χ2n) is 6.56. The summed E-state index contributed by atoms with van der Waals surface area (Å²) in [6, 6.07) is 12.0. The third kappa shape index (κ3) is 3.07. The van der Waals surface area contributed by atoms with Gasteiger partial charge in [-0.15, -0.1) is 0 Å². The lowest BCUT2D eigenvalue weighted by Crippen LogP contribution is -2.30. The summed E-state index contributed by atoms with van der Waals surface area (Å²) in [5, 5.41) is 0. The molecule has 1 aromatic carbocycles. The molecule has 1 aliphatic heterocycles. The van der Waals surface area contributed by atoms with Crippen LogP contribution in [0.3, 0.4) is 0 Å². The zero-order valence-electron chi connectivity index (χ0n) is 15.2. The van der Waals surface area contributed by atoms with Crippen LogP contribution in [0.2, 0.25) is 0 Å². The fourth-order valence-corrected chi connectivity index (χ4v) is 3.16. The predicted molar refractivity (Wildman–Crippen MR) is 103 cm³/mol. The smallest absolute Gasteiger partial charge is 0.326 e. The molecule has 140 valence electrons. The van der Waals surface area contributed by atoms with Gasteiger partial charge in [0.2, 0.25) is 0 Å². The summed E-state index contributed by atoms with van der Waals surface area (Å²) in [6.45, 7) is 5.39. The number of aryl methyl sites for hydroxylation is 1. The number of amides is 1. The number of aromatic nitrogens is 2. The van der Waals surface area contributed by atoms with Crippen molar-refractivity contribution in [3.8, 4) is 0 Å². The Balaban J connectivity index is 1.46. The first-order chi connectivity index (χ1) is 13.4. The van der Waals surface area contributed by atoms with Gasteiger partial charge in [0, 0.05) is 29.1 Å². The molecule has 1 aliphatic rings. The van der Waals surface area contributed by atoms with Gasteiger partial charge < -0.3 is 4.74 Å². The van der Waals surface area contributed by atoms with Gasteiger partial charge in [0.05, 0.1) is 5.69 Å². The van der Waals surface area contributed by atoms with Gasteiger partial charge in [0.1, 0.15) is 18.8 Å². The van der Waals surface area contributed by atoms with Crippen molar-refractivity contribution in [2.24, 2.45) is 0 Å². The van der Waals surface area contributed by atoms with Gasteiger partial charge in [0.15, 0.2) is 0 Å². The maximum Gasteiger partial charge on any atom is 0.326 e. The number of carbonyl (C=O) groups excluding carboxylic acids is 2. The van der Waals surface area contributed by atoms with Gasteiger partial charge in [-0.2, -0.15) is 0 Å². The molecule has 0 atom stereocenters. The first kappa shape index (κ1) is 17.7. The number of rotatable bonds is 4. The van der Waals surface area contributed by atoms with Crippen LogP contribution in [0.5, 0.6) is 0 Å². The molecule has 0 saturated heterocycles. The highest BCUT2D eigenvalue weighted by Gasteiger charge is 2.32. The van der Waals surface area contributed by atoms with E-state index in [9.17, 15) is 14.4 Å². The van der Waals surface area contributed by atoms with Crippen LogP contribution >= 0.6 is 0 Å². The van der Waals surface area contributed by atoms with E-state index < -0.39 is 5.97 Å². The van der Waals surface area contributed by atoms with Gasteiger partial charge in [-0.1, -0.05) is 24.8 Å². The molecule has 3 aromatic rings. The van der Waals surface area contributed by atoms with Crippen molar-refractivity contribution in [1.82, 2.24) is 14.3 Å². The van der Waals surface area contributed by atoms with Crippen molar-refractivity contribution >= 4 is 23.2 Å². The summed E-state index contributed by atoms with van der Waals surface area (Å²) >= 11 is 0. The van der Waals surface area contributed by atoms with E-state index in [0.717, 1.165) is 5.56 Å². The first-order valence-electron chi connectivity index (χ1n) is 8.69. The van der Waals surface area contributed by atoms with E-state index in [2.05, 4.69) is 11.6 Å². The van der Waals surface area contributed by atoms with E-state index in [1.165, 1.54) is 15.4 Å². The maximum atomic E-state index is 12.4. The van der Waals surface area contributed by atoms with Crippen LogP contribution in [0.25, 0.3) is 11.3 Å². The Bertz CT molecular complexity index is 1160. The number of benzene rings is 1. The van der Waals surface area contributed by atoms with Crippen LogP contribution < -0.4 is 5.56 Å². The Hall–Kier alpha value is -3.74. The Morgan fingerprint density at radius 1 is 1.14 bits per heavy atom. The predicted octanol–water partition coefficient (Wildman–Crippen LogP) is 2.17. The van der Waals surface area contributed by atoms with Crippen molar-refractivity contribution in [2.75, 3.05) is 6.54 Å². The highest BCUT2D eigenvalue weighted by Crippen LogP contribution is 2.30. The van der Waals surface area contributed by atoms with E-state index in [0.29, 0.717) is 28.2 Å². The molecule has 0 spiro atoms. The number of pyridine rings is 1. The second-order valence-corrected chi connectivity index (χ2v) is 6.56. The number of hydrogen-bond acceptors (Lipinski definition) is 5. The Morgan fingerprint density at radius 2 is 1.89 bits per heavy atom. The van der Waals surface area contributed by atoms with Crippen LogP contribution in [0.1, 0.15) is 27.2 Å². The molecule has 7 nitrogen and oxygen atoms in total. The molecule has 0 bridgehead atoms. The van der Waals surface area contributed by atoms with Crippen LogP contribution in [-0.4, -0.2) is 32.7 Å². The summed E-state index contributed by atoms with van der Waals surface area (Å²) in [5.41, 5.74) is 3.23. The monoisotopic (exact) mass is 375 g/mol. The SMILES string of the molecule is C=C1c2ccccc2C(=O)N1CC(=O)OCc1cc(=O)n2ccc(C)cc2n1. The van der Waals surface area contributed by atoms with E-state index in [1.807, 2.05) is 19.1 Å². The molecule has 28 heavy (non-hydrogen) atoms. The zero-order valence-corrected chi connectivity index (χ0v) is 15.2. The summed E-state index contributed by atoms with van der Waals surface area (Å²) in [6.07, 6.45) is 1.65. The first-order valence-corrected chi connectivity index (χ1v) is 8.69. The van der Waals surface area contributed by atoms with E-state index >= 15 is 0 Å². The van der Waals surface area contributed by atoms with Gasteiger partial charge in [0.25, 0.3) is 11.5 Å². The molecule has 0 unspecified atom stereocenters. The molecule has 0 radical (unpaired) electrons. The Labute approximate surface area is 160 Å². The number of fused-ring (bicyclic) bond motifs is 2. The number of hydrogen-bond donors (Lipinski definition) is 0. The van der Waals surface area contributed by atoms with Gasteiger partial charge >= 0.3 is 5.97 Å². The minimum absolute atomic E-state index is 0.153. The second kappa shape index (κ2) is 6.77. The van der Waals surface area contributed by atoms with Crippen molar-refractivity contribution in [3.63, 3.8) is 0 Å². The molecule has 0 saturated carbocycles. The standard InChI is InChI=1S/C21H17N3O4/c1-13-7-8-23-18(9-13)22-15(10-19(23)25)12-28-20(26)11-24-14(2)16-5-3-4-6-17(16)21(24)27/h3-10H,2,11-12H2,1H3. The van der Waals surface area contributed by atoms with Crippen LogP contribution in [0, 0.1) is 6.92 Å². The van der Waals surface area contributed by atoms with Crippen molar-refractivity contribution in [3.05, 3.63) is 88.0 Å². The molecular formula is C21H17N3O4. The number of nitrogens with zero attached hydrogens (tertiary/aromatic N) is 3. The molecule has 0 N–H and O–H groups in total. The van der Waals surface area contributed by atoms with E-state index in [1.54, 1.807) is 30.5 Å². The molecule has 0 aliphatic carbocycles. The lowest BCUT2D eigenvalue weighted by atomic mass is 10.1. The van der Waals surface area contributed by atoms with Gasteiger partial charge in [-0.05, 0) is 30.7 Å². The third-order valence-corrected chi connectivity index (χ3v) is 4.58. The fraction of sp³-hybridized carbons (Fsp3) is 0.143. The third-order valence-electron chi connectivity index (χ3n) is 4.58. The zero-order chi connectivity index (χ0) is 19.8. The molecule has 4 rings (SSSR count). The Kier molecular flexibility index (Phi) is 4.27. The minimum atomic E-state index is -0.603. The highest BCUT2D eigenvalue weighted by molar-refractivity contribution is 6.10. The average Bonchev–Trinajstić information content (AvgIpc) is 2.91. The molecular weight excluding hydrogens is 358 g/mol. The topological polar surface area (TPSA) is 81.0 Å². The average molecular weight is 375 g/mol. The lowest BCUT2D eigenvalue weighted by Gasteiger charge is -2.16. The highest BCUT2D eigenvalue weighted by atomic mass is 16.5. The number of carbonyl (C=O) groups is 2. The van der Waals surface area contributed by atoms with Crippen LogP contribution in [-0.2, 0) is 16.1 Å². The Morgan fingerprint density at radius 3 is 2.64 bits per heavy atom. The maximum absolute atomic E-state index is 12.4.